The standard InChI is InChI=1S/C17H14Cl2N6O/c18-10-6-7-12(13(19)8-10)17(26)25-24-16-14(20)15(21-9-22-16)23-11-4-2-1-3-5-11/h1-9H,20H2,(H,25,26)(H2,21,22,23,24). The molecular weight excluding hydrogens is 375 g/mol. The molecule has 0 radical (unpaired) electrons. The lowest BCUT2D eigenvalue weighted by molar-refractivity contribution is 0.0962. The van der Waals surface area contributed by atoms with Crippen LogP contribution < -0.4 is 21.9 Å². The van der Waals surface area contributed by atoms with E-state index in [4.69, 9.17) is 28.9 Å². The van der Waals surface area contributed by atoms with Crippen LogP contribution in [0.3, 0.4) is 0 Å². The van der Waals surface area contributed by atoms with Crippen molar-refractivity contribution in [2.24, 2.45) is 0 Å². The number of carbonyl (C=O) groups is 1. The van der Waals surface area contributed by atoms with E-state index in [-0.39, 0.29) is 22.1 Å². The Kier molecular flexibility index (Phi) is 5.40. The summed E-state index contributed by atoms with van der Waals surface area (Å²) in [4.78, 5) is 20.4. The third-order valence-electron chi connectivity index (χ3n) is 3.39. The van der Waals surface area contributed by atoms with E-state index in [0.29, 0.717) is 10.8 Å². The van der Waals surface area contributed by atoms with Gasteiger partial charge in [0.05, 0.1) is 10.6 Å². The maximum atomic E-state index is 12.2. The van der Waals surface area contributed by atoms with Crippen LogP contribution in [-0.4, -0.2) is 15.9 Å². The van der Waals surface area contributed by atoms with Crippen LogP contribution in [0.15, 0.2) is 54.9 Å². The fourth-order valence-electron chi connectivity index (χ4n) is 2.11. The lowest BCUT2D eigenvalue weighted by atomic mass is 10.2. The first kappa shape index (κ1) is 17.8. The van der Waals surface area contributed by atoms with E-state index in [9.17, 15) is 4.79 Å². The molecule has 0 saturated heterocycles. The van der Waals surface area contributed by atoms with E-state index >= 15 is 0 Å². The van der Waals surface area contributed by atoms with Crippen LogP contribution in [0.4, 0.5) is 23.0 Å². The van der Waals surface area contributed by atoms with Crippen LogP contribution in [0.25, 0.3) is 0 Å². The van der Waals surface area contributed by atoms with Gasteiger partial charge in [0.2, 0.25) is 0 Å². The number of para-hydroxylation sites is 1. The molecule has 3 aromatic rings. The summed E-state index contributed by atoms with van der Waals surface area (Å²) >= 11 is 11.8. The smallest absolute Gasteiger partial charge is 0.271 e. The van der Waals surface area contributed by atoms with Gasteiger partial charge < -0.3 is 11.1 Å². The molecule has 1 heterocycles. The van der Waals surface area contributed by atoms with Gasteiger partial charge in [-0.3, -0.25) is 15.6 Å². The molecule has 0 fully saturated rings. The van der Waals surface area contributed by atoms with Crippen molar-refractivity contribution in [3.8, 4) is 0 Å². The molecule has 5 N–H and O–H groups in total. The predicted molar refractivity (Wildman–Crippen MR) is 104 cm³/mol. The number of aromatic nitrogens is 2. The van der Waals surface area contributed by atoms with Crippen molar-refractivity contribution in [3.63, 3.8) is 0 Å². The first-order valence-electron chi connectivity index (χ1n) is 7.48. The van der Waals surface area contributed by atoms with Crippen LogP contribution in [0.5, 0.6) is 0 Å². The van der Waals surface area contributed by atoms with Gasteiger partial charge in [-0.05, 0) is 30.3 Å². The number of anilines is 4. The number of hydrazine groups is 1. The number of nitrogens with two attached hydrogens (primary N) is 1. The minimum absolute atomic E-state index is 0.235. The van der Waals surface area contributed by atoms with Gasteiger partial charge in [-0.25, -0.2) is 9.97 Å². The molecule has 26 heavy (non-hydrogen) atoms. The van der Waals surface area contributed by atoms with Gasteiger partial charge in [-0.15, -0.1) is 0 Å². The fraction of sp³-hybridized carbons (Fsp3) is 0. The molecule has 0 aliphatic rings. The Morgan fingerprint density at radius 2 is 1.73 bits per heavy atom. The van der Waals surface area contributed by atoms with Crippen molar-refractivity contribution in [2.45, 2.75) is 0 Å². The van der Waals surface area contributed by atoms with E-state index in [2.05, 4.69) is 26.1 Å². The van der Waals surface area contributed by atoms with Crippen molar-refractivity contribution < 1.29 is 4.79 Å². The summed E-state index contributed by atoms with van der Waals surface area (Å²) in [6.07, 6.45) is 1.32. The number of amides is 1. The highest BCUT2D eigenvalue weighted by atomic mass is 35.5. The summed E-state index contributed by atoms with van der Waals surface area (Å²) in [7, 11) is 0. The minimum Gasteiger partial charge on any atom is -0.393 e. The Labute approximate surface area is 159 Å². The summed E-state index contributed by atoms with van der Waals surface area (Å²) in [6.45, 7) is 0. The lowest BCUT2D eigenvalue weighted by Crippen LogP contribution is -2.30. The Morgan fingerprint density at radius 3 is 2.46 bits per heavy atom. The highest BCUT2D eigenvalue weighted by molar-refractivity contribution is 6.36. The summed E-state index contributed by atoms with van der Waals surface area (Å²) in [6, 6.07) is 14.0. The normalized spacial score (nSPS) is 10.2. The largest absolute Gasteiger partial charge is 0.393 e. The highest BCUT2D eigenvalue weighted by Gasteiger charge is 2.13. The number of nitrogen functional groups attached to an aromatic ring is 1. The number of rotatable bonds is 5. The summed E-state index contributed by atoms with van der Waals surface area (Å²) < 4.78 is 0. The molecule has 0 saturated carbocycles. The highest BCUT2D eigenvalue weighted by Crippen LogP contribution is 2.25. The monoisotopic (exact) mass is 388 g/mol. The maximum Gasteiger partial charge on any atom is 0.271 e. The Bertz CT molecular complexity index is 936. The summed E-state index contributed by atoms with van der Waals surface area (Å²) in [5.74, 6) is 0.201. The van der Waals surface area contributed by atoms with Gasteiger partial charge in [0, 0.05) is 10.7 Å². The molecule has 0 bridgehead atoms. The minimum atomic E-state index is -0.456. The van der Waals surface area contributed by atoms with E-state index < -0.39 is 5.91 Å². The first-order valence-corrected chi connectivity index (χ1v) is 8.24. The van der Waals surface area contributed by atoms with Crippen LogP contribution in [-0.2, 0) is 0 Å². The maximum absolute atomic E-state index is 12.2. The molecule has 0 aliphatic heterocycles. The summed E-state index contributed by atoms with van der Waals surface area (Å²) in [5, 5.41) is 3.76. The van der Waals surface area contributed by atoms with Gasteiger partial charge in [-0.2, -0.15) is 0 Å². The number of nitrogens with one attached hydrogen (secondary N) is 3. The van der Waals surface area contributed by atoms with E-state index in [1.807, 2.05) is 30.3 Å². The Hall–Kier alpha value is -3.03. The molecule has 1 aromatic heterocycles. The predicted octanol–water partition coefficient (Wildman–Crippen LogP) is 3.87. The van der Waals surface area contributed by atoms with Crippen molar-refractivity contribution in [1.82, 2.24) is 15.4 Å². The van der Waals surface area contributed by atoms with Gasteiger partial charge in [0.1, 0.15) is 12.0 Å². The number of nitrogens with zero attached hydrogens (tertiary/aromatic N) is 2. The van der Waals surface area contributed by atoms with Crippen molar-refractivity contribution >= 4 is 52.1 Å². The zero-order chi connectivity index (χ0) is 18.5. The summed E-state index contributed by atoms with van der Waals surface area (Å²) in [5.41, 5.74) is 12.6. The molecule has 0 unspecified atom stereocenters. The Morgan fingerprint density at radius 1 is 1.00 bits per heavy atom. The molecule has 0 atom stereocenters. The average Bonchev–Trinajstić information content (AvgIpc) is 2.63. The van der Waals surface area contributed by atoms with Gasteiger partial charge in [0.25, 0.3) is 5.91 Å². The third kappa shape index (κ3) is 4.14. The zero-order valence-corrected chi connectivity index (χ0v) is 14.8. The number of hydrogen-bond donors (Lipinski definition) is 4. The zero-order valence-electron chi connectivity index (χ0n) is 13.3. The topological polar surface area (TPSA) is 105 Å². The lowest BCUT2D eigenvalue weighted by Gasteiger charge is -2.13. The second-order valence-corrected chi connectivity index (χ2v) is 6.02. The van der Waals surface area contributed by atoms with Gasteiger partial charge in [0.15, 0.2) is 11.6 Å². The number of hydrogen-bond acceptors (Lipinski definition) is 6. The van der Waals surface area contributed by atoms with Gasteiger partial charge in [-0.1, -0.05) is 41.4 Å². The van der Waals surface area contributed by atoms with Crippen molar-refractivity contribution in [3.05, 3.63) is 70.5 Å². The molecule has 3 rings (SSSR count). The van der Waals surface area contributed by atoms with Crippen LogP contribution in [0.2, 0.25) is 10.0 Å². The van der Waals surface area contributed by atoms with Crippen LogP contribution in [0.1, 0.15) is 10.4 Å². The third-order valence-corrected chi connectivity index (χ3v) is 3.94. The van der Waals surface area contributed by atoms with Crippen LogP contribution in [0, 0.1) is 0 Å². The number of carbonyl (C=O) groups excluding carboxylic acids is 1. The molecule has 9 heteroatoms. The molecule has 7 nitrogen and oxygen atoms in total. The second-order valence-electron chi connectivity index (χ2n) is 5.18. The van der Waals surface area contributed by atoms with E-state index in [0.717, 1.165) is 5.69 Å². The molecular formula is C17H14Cl2N6O. The molecule has 2 aromatic carbocycles. The van der Waals surface area contributed by atoms with Crippen molar-refractivity contribution in [1.29, 1.82) is 0 Å². The molecule has 0 aliphatic carbocycles. The SMILES string of the molecule is Nc1c(NNC(=O)c2ccc(Cl)cc2Cl)ncnc1Nc1ccccc1. The van der Waals surface area contributed by atoms with E-state index in [1.165, 1.54) is 18.5 Å². The number of halogens is 2. The molecule has 0 spiro atoms. The second kappa shape index (κ2) is 7.90. The van der Waals surface area contributed by atoms with E-state index in [1.54, 1.807) is 6.07 Å². The Balaban J connectivity index is 1.72. The number of benzene rings is 2. The van der Waals surface area contributed by atoms with Crippen LogP contribution >= 0.6 is 23.2 Å². The first-order chi connectivity index (χ1) is 12.5. The molecule has 132 valence electrons. The quantitative estimate of drug-likeness (QED) is 0.494. The van der Waals surface area contributed by atoms with Crippen molar-refractivity contribution in [2.75, 3.05) is 16.5 Å². The fourth-order valence-corrected chi connectivity index (χ4v) is 2.60. The average molecular weight is 389 g/mol. The van der Waals surface area contributed by atoms with Gasteiger partial charge >= 0.3 is 0 Å². The molecule has 1 amide bonds.